The van der Waals surface area contributed by atoms with Gasteiger partial charge in [-0.2, -0.15) is 10.2 Å². The molecule has 1 aromatic carbocycles. The summed E-state index contributed by atoms with van der Waals surface area (Å²) in [6, 6.07) is 5.33. The van der Waals surface area contributed by atoms with Crippen molar-refractivity contribution < 1.29 is 19.1 Å². The molecule has 0 spiro atoms. The molecule has 116 valence electrons. The Morgan fingerprint density at radius 2 is 2.27 bits per heavy atom. The van der Waals surface area contributed by atoms with E-state index < -0.39 is 0 Å². The molecule has 0 fully saturated rings. The molecule has 2 amide bonds. The first-order valence-electron chi connectivity index (χ1n) is 6.51. The van der Waals surface area contributed by atoms with E-state index in [0.717, 1.165) is 0 Å². The Labute approximate surface area is 127 Å². The number of benzene rings is 1. The van der Waals surface area contributed by atoms with Crippen LogP contribution in [-0.4, -0.2) is 38.0 Å². The van der Waals surface area contributed by atoms with E-state index in [4.69, 9.17) is 9.47 Å². The first kappa shape index (κ1) is 15.5. The van der Waals surface area contributed by atoms with E-state index in [1.165, 1.54) is 20.4 Å². The number of carbonyl (C=O) groups is 2. The largest absolute Gasteiger partial charge is 0.493 e. The Hall–Kier alpha value is -2.90. The van der Waals surface area contributed by atoms with Gasteiger partial charge in [0.15, 0.2) is 11.5 Å². The number of rotatable bonds is 6. The van der Waals surface area contributed by atoms with Crippen LogP contribution in [0.5, 0.6) is 11.5 Å². The summed E-state index contributed by atoms with van der Waals surface area (Å²) in [6.45, 7) is 0. The van der Waals surface area contributed by atoms with Crippen LogP contribution in [0.4, 0.5) is 0 Å². The predicted molar refractivity (Wildman–Crippen MR) is 80.1 cm³/mol. The molecule has 8 heteroatoms. The lowest BCUT2D eigenvalue weighted by Crippen LogP contribution is -2.20. The molecule has 0 bridgehead atoms. The number of hydrogen-bond donors (Lipinski definition) is 2. The molecule has 0 saturated carbocycles. The van der Waals surface area contributed by atoms with Gasteiger partial charge in [-0.05, 0) is 12.1 Å². The van der Waals surface area contributed by atoms with E-state index in [-0.39, 0.29) is 24.7 Å². The Morgan fingerprint density at radius 1 is 1.45 bits per heavy atom. The lowest BCUT2D eigenvalue weighted by Gasteiger charge is -2.09. The van der Waals surface area contributed by atoms with Crippen LogP contribution in [0.3, 0.4) is 0 Å². The molecule has 0 aromatic heterocycles. The van der Waals surface area contributed by atoms with Gasteiger partial charge in [-0.3, -0.25) is 9.59 Å². The van der Waals surface area contributed by atoms with Crippen LogP contribution in [0.2, 0.25) is 0 Å². The highest BCUT2D eigenvalue weighted by Gasteiger charge is 2.17. The van der Waals surface area contributed by atoms with Crippen molar-refractivity contribution in [3.05, 3.63) is 23.8 Å². The van der Waals surface area contributed by atoms with Crippen LogP contribution in [-0.2, 0) is 9.59 Å². The normalized spacial score (nSPS) is 13.7. The zero-order valence-corrected chi connectivity index (χ0v) is 12.3. The molecule has 1 heterocycles. The zero-order valence-electron chi connectivity index (χ0n) is 12.3. The molecule has 0 radical (unpaired) electrons. The van der Waals surface area contributed by atoms with Crippen molar-refractivity contribution >= 4 is 23.7 Å². The van der Waals surface area contributed by atoms with Gasteiger partial charge in [0.2, 0.25) is 11.8 Å². The Kier molecular flexibility index (Phi) is 5.07. The molecule has 1 aromatic rings. The summed E-state index contributed by atoms with van der Waals surface area (Å²) in [5.41, 5.74) is 5.81. The second-order valence-electron chi connectivity index (χ2n) is 4.44. The number of methoxy groups -OCH3 is 2. The summed E-state index contributed by atoms with van der Waals surface area (Å²) < 4.78 is 10.4. The number of amides is 2. The average Bonchev–Trinajstić information content (AvgIpc) is 2.91. The number of carbonyl (C=O) groups excluding carboxylic acids is 2. The van der Waals surface area contributed by atoms with Gasteiger partial charge in [0.25, 0.3) is 0 Å². The Balaban J connectivity index is 1.95. The minimum atomic E-state index is -0.353. The van der Waals surface area contributed by atoms with Gasteiger partial charge in [-0.15, -0.1) is 0 Å². The van der Waals surface area contributed by atoms with Gasteiger partial charge in [0.1, 0.15) is 0 Å². The van der Waals surface area contributed by atoms with Crippen LogP contribution in [0.15, 0.2) is 28.4 Å². The summed E-state index contributed by atoms with van der Waals surface area (Å²) in [5, 5.41) is 7.61. The van der Waals surface area contributed by atoms with Gasteiger partial charge >= 0.3 is 0 Å². The van der Waals surface area contributed by atoms with Crippen molar-refractivity contribution in [2.75, 3.05) is 14.2 Å². The summed E-state index contributed by atoms with van der Waals surface area (Å²) >= 11 is 0. The van der Waals surface area contributed by atoms with Crippen molar-refractivity contribution in [2.45, 2.75) is 12.8 Å². The predicted octanol–water partition coefficient (Wildman–Crippen LogP) is 0.420. The minimum absolute atomic E-state index is 0.0192. The Bertz CT molecular complexity index is 640. The van der Waals surface area contributed by atoms with E-state index in [1.54, 1.807) is 18.2 Å². The third-order valence-electron chi connectivity index (χ3n) is 2.89. The van der Waals surface area contributed by atoms with E-state index in [2.05, 4.69) is 21.1 Å². The summed E-state index contributed by atoms with van der Waals surface area (Å²) in [7, 11) is 3.06. The van der Waals surface area contributed by atoms with Crippen molar-refractivity contribution in [1.29, 1.82) is 0 Å². The number of nitrogens with one attached hydrogen (secondary N) is 2. The first-order valence-corrected chi connectivity index (χ1v) is 6.51. The number of hydrogen-bond acceptors (Lipinski definition) is 6. The minimum Gasteiger partial charge on any atom is -0.493 e. The highest BCUT2D eigenvalue weighted by molar-refractivity contribution is 6.11. The van der Waals surface area contributed by atoms with Gasteiger partial charge in [0, 0.05) is 5.56 Å². The third kappa shape index (κ3) is 3.81. The maximum absolute atomic E-state index is 11.7. The number of nitrogens with zero attached hydrogens (tertiary/aromatic N) is 2. The van der Waals surface area contributed by atoms with Crippen LogP contribution in [0, 0.1) is 0 Å². The van der Waals surface area contributed by atoms with E-state index in [9.17, 15) is 9.59 Å². The summed E-state index contributed by atoms with van der Waals surface area (Å²) in [4.78, 5) is 22.6. The van der Waals surface area contributed by atoms with Crippen molar-refractivity contribution in [2.24, 2.45) is 10.2 Å². The van der Waals surface area contributed by atoms with E-state index >= 15 is 0 Å². The fraction of sp³-hybridized carbons (Fsp3) is 0.286. The lowest BCUT2D eigenvalue weighted by atomic mass is 10.2. The highest BCUT2D eigenvalue weighted by atomic mass is 16.5. The number of para-hydroxylation sites is 1. The second-order valence-corrected chi connectivity index (χ2v) is 4.44. The van der Waals surface area contributed by atoms with Gasteiger partial charge in [-0.1, -0.05) is 6.07 Å². The molecule has 2 rings (SSSR count). The average molecular weight is 304 g/mol. The molecule has 0 saturated heterocycles. The van der Waals surface area contributed by atoms with Crippen LogP contribution >= 0.6 is 0 Å². The standard InChI is InChI=1S/C14H16N4O4/c1-21-11-5-3-4-9(14(11)22-2)8-15-17-12(19)6-10-7-13(20)18-16-10/h3-5,8H,6-7H2,1-2H3,(H,17,19)(H,18,20). The second kappa shape index (κ2) is 7.21. The molecule has 1 aliphatic rings. The summed E-state index contributed by atoms with van der Waals surface area (Å²) in [6.07, 6.45) is 1.62. The molecule has 0 unspecified atom stereocenters. The van der Waals surface area contributed by atoms with Gasteiger partial charge in [-0.25, -0.2) is 10.9 Å². The Morgan fingerprint density at radius 3 is 2.91 bits per heavy atom. The molecule has 0 atom stereocenters. The van der Waals surface area contributed by atoms with Crippen molar-refractivity contribution in [1.82, 2.24) is 10.9 Å². The molecular weight excluding hydrogens is 288 g/mol. The van der Waals surface area contributed by atoms with Crippen molar-refractivity contribution in [3.63, 3.8) is 0 Å². The maximum Gasteiger partial charge on any atom is 0.245 e. The first-order chi connectivity index (χ1) is 10.6. The van der Waals surface area contributed by atoms with E-state index in [0.29, 0.717) is 22.8 Å². The molecule has 1 aliphatic heterocycles. The zero-order chi connectivity index (χ0) is 15.9. The number of ether oxygens (including phenoxy) is 2. The molecule has 2 N–H and O–H groups in total. The smallest absolute Gasteiger partial charge is 0.245 e. The fourth-order valence-corrected chi connectivity index (χ4v) is 1.92. The van der Waals surface area contributed by atoms with Crippen LogP contribution in [0.25, 0.3) is 0 Å². The quantitative estimate of drug-likeness (QED) is 0.587. The molecular formula is C14H16N4O4. The molecule has 22 heavy (non-hydrogen) atoms. The van der Waals surface area contributed by atoms with Crippen molar-refractivity contribution in [3.8, 4) is 11.5 Å². The molecule has 8 nitrogen and oxygen atoms in total. The van der Waals surface area contributed by atoms with E-state index in [1.807, 2.05) is 0 Å². The fourth-order valence-electron chi connectivity index (χ4n) is 1.92. The third-order valence-corrected chi connectivity index (χ3v) is 2.89. The molecule has 0 aliphatic carbocycles. The maximum atomic E-state index is 11.7. The SMILES string of the molecule is COc1cccc(C=NNC(=O)CC2=NNC(=O)C2)c1OC. The highest BCUT2D eigenvalue weighted by Crippen LogP contribution is 2.29. The number of hydrazone groups is 2. The van der Waals surface area contributed by atoms with Crippen LogP contribution < -0.4 is 20.3 Å². The monoisotopic (exact) mass is 304 g/mol. The van der Waals surface area contributed by atoms with Gasteiger partial charge in [0.05, 0.1) is 39.0 Å². The van der Waals surface area contributed by atoms with Crippen LogP contribution in [0.1, 0.15) is 18.4 Å². The van der Waals surface area contributed by atoms with Gasteiger partial charge < -0.3 is 9.47 Å². The lowest BCUT2D eigenvalue weighted by molar-refractivity contribution is -0.119. The summed E-state index contributed by atoms with van der Waals surface area (Å²) in [5.74, 6) is 0.529. The topological polar surface area (TPSA) is 101 Å².